The second-order valence-electron chi connectivity index (χ2n) is 7.48. The third kappa shape index (κ3) is 4.77. The maximum atomic E-state index is 13.7. The summed E-state index contributed by atoms with van der Waals surface area (Å²) in [5, 5.41) is 5.84. The van der Waals surface area contributed by atoms with E-state index in [9.17, 15) is 9.18 Å². The van der Waals surface area contributed by atoms with Crippen LogP contribution in [0.15, 0.2) is 54.9 Å². The quantitative estimate of drug-likeness (QED) is 0.551. The molecule has 2 aromatic carbocycles. The Morgan fingerprint density at radius 3 is 2.03 bits per heavy atom. The Morgan fingerprint density at radius 1 is 0.897 bits per heavy atom. The van der Waals surface area contributed by atoms with Crippen molar-refractivity contribution in [3.8, 4) is 0 Å². The minimum Gasteiger partial charge on any atom is -0.322 e. The number of aromatic nitrogens is 2. The van der Waals surface area contributed by atoms with E-state index in [0.29, 0.717) is 5.56 Å². The molecule has 1 heterocycles. The van der Waals surface area contributed by atoms with Gasteiger partial charge >= 0.3 is 0 Å². The van der Waals surface area contributed by atoms with Crippen molar-refractivity contribution in [3.05, 3.63) is 77.4 Å². The van der Waals surface area contributed by atoms with Crippen molar-refractivity contribution >= 4 is 23.2 Å². The van der Waals surface area contributed by atoms with Gasteiger partial charge in [0, 0.05) is 18.1 Å². The van der Waals surface area contributed by atoms with E-state index < -0.39 is 5.82 Å². The summed E-state index contributed by atoms with van der Waals surface area (Å²) in [6.07, 6.45) is 2.86. The fourth-order valence-electron chi connectivity index (χ4n) is 3.07. The molecule has 0 fully saturated rings. The molecule has 0 unspecified atom stereocenters. The summed E-state index contributed by atoms with van der Waals surface area (Å²) in [7, 11) is 0. The van der Waals surface area contributed by atoms with E-state index in [4.69, 9.17) is 0 Å². The molecular formula is C23H25FN4O. The lowest BCUT2D eigenvalue weighted by atomic mass is 9.92. The number of halogens is 1. The van der Waals surface area contributed by atoms with Gasteiger partial charge in [-0.2, -0.15) is 0 Å². The van der Waals surface area contributed by atoms with Crippen LogP contribution in [0.2, 0.25) is 0 Å². The fraction of sp³-hybridized carbons (Fsp3) is 0.261. The molecule has 6 heteroatoms. The number of nitrogens with one attached hydrogen (secondary N) is 2. The predicted octanol–water partition coefficient (Wildman–Crippen LogP) is 5.86. The highest BCUT2D eigenvalue weighted by atomic mass is 19.1. The molecule has 0 atom stereocenters. The highest BCUT2D eigenvalue weighted by Gasteiger charge is 2.17. The van der Waals surface area contributed by atoms with E-state index in [2.05, 4.69) is 48.3 Å². The first-order valence-corrected chi connectivity index (χ1v) is 9.64. The maximum Gasteiger partial charge on any atom is 0.258 e. The van der Waals surface area contributed by atoms with Crippen LogP contribution in [0.4, 0.5) is 21.7 Å². The molecule has 1 aromatic heterocycles. The first kappa shape index (κ1) is 20.5. The van der Waals surface area contributed by atoms with Crippen LogP contribution in [0.1, 0.15) is 61.0 Å². The zero-order valence-electron chi connectivity index (χ0n) is 17.0. The van der Waals surface area contributed by atoms with Gasteiger partial charge in [0.15, 0.2) is 0 Å². The second-order valence-corrected chi connectivity index (χ2v) is 7.48. The predicted molar refractivity (Wildman–Crippen MR) is 114 cm³/mol. The third-order valence-electron chi connectivity index (χ3n) is 4.65. The molecule has 0 saturated heterocycles. The number of carbonyl (C=O) groups excluding carboxylic acids is 1. The Bertz CT molecular complexity index is 974. The number of amides is 1. The van der Waals surface area contributed by atoms with Gasteiger partial charge < -0.3 is 10.6 Å². The monoisotopic (exact) mass is 392 g/mol. The zero-order chi connectivity index (χ0) is 21.0. The lowest BCUT2D eigenvalue weighted by molar-refractivity contribution is 0.102. The van der Waals surface area contributed by atoms with Crippen LogP contribution in [-0.4, -0.2) is 15.9 Å². The van der Waals surface area contributed by atoms with Crippen molar-refractivity contribution < 1.29 is 9.18 Å². The van der Waals surface area contributed by atoms with E-state index in [1.165, 1.54) is 18.5 Å². The Kier molecular flexibility index (Phi) is 6.22. The standard InChI is InChI=1S/C23H25FN4O/c1-14(2)17-8-7-9-18(15(3)4)21(17)28-22(29)16-12-25-23(26-13-16)27-20-11-6-5-10-19(20)24/h5-15H,1-4H3,(H,28,29)(H,25,26,27). The topological polar surface area (TPSA) is 66.9 Å². The van der Waals surface area contributed by atoms with Gasteiger partial charge in [-0.05, 0) is 35.1 Å². The van der Waals surface area contributed by atoms with E-state index >= 15 is 0 Å². The first-order chi connectivity index (χ1) is 13.9. The van der Waals surface area contributed by atoms with Crippen LogP contribution in [0, 0.1) is 5.82 Å². The van der Waals surface area contributed by atoms with Gasteiger partial charge in [-0.1, -0.05) is 58.0 Å². The number of hydrogen-bond donors (Lipinski definition) is 2. The maximum absolute atomic E-state index is 13.7. The molecule has 29 heavy (non-hydrogen) atoms. The minimum absolute atomic E-state index is 0.220. The molecule has 3 aromatic rings. The number of hydrogen-bond acceptors (Lipinski definition) is 4. The highest BCUT2D eigenvalue weighted by Crippen LogP contribution is 2.32. The molecule has 0 aliphatic heterocycles. The fourth-order valence-corrected chi connectivity index (χ4v) is 3.07. The molecule has 0 aliphatic rings. The molecule has 150 valence electrons. The van der Waals surface area contributed by atoms with Crippen molar-refractivity contribution in [1.29, 1.82) is 0 Å². The summed E-state index contributed by atoms with van der Waals surface area (Å²) in [6, 6.07) is 12.3. The van der Waals surface area contributed by atoms with E-state index in [1.54, 1.807) is 18.2 Å². The van der Waals surface area contributed by atoms with E-state index in [-0.39, 0.29) is 29.4 Å². The average molecular weight is 392 g/mol. The summed E-state index contributed by atoms with van der Waals surface area (Å²) in [5.41, 5.74) is 3.62. The van der Waals surface area contributed by atoms with Gasteiger partial charge in [-0.25, -0.2) is 14.4 Å². The number of nitrogens with zero attached hydrogens (tertiary/aromatic N) is 2. The molecule has 3 rings (SSSR count). The van der Waals surface area contributed by atoms with E-state index in [1.807, 2.05) is 18.2 Å². The van der Waals surface area contributed by atoms with Crippen molar-refractivity contribution in [3.63, 3.8) is 0 Å². The molecular weight excluding hydrogens is 367 g/mol. The van der Waals surface area contributed by atoms with Crippen LogP contribution in [0.5, 0.6) is 0 Å². The number of rotatable bonds is 6. The summed E-state index contributed by atoms with van der Waals surface area (Å²) in [4.78, 5) is 21.1. The SMILES string of the molecule is CC(C)c1cccc(C(C)C)c1NC(=O)c1cnc(Nc2ccccc2F)nc1. The Balaban J connectivity index is 1.81. The molecule has 5 nitrogen and oxygen atoms in total. The highest BCUT2D eigenvalue weighted by molar-refractivity contribution is 6.04. The van der Waals surface area contributed by atoms with Gasteiger partial charge in [0.25, 0.3) is 5.91 Å². The summed E-state index contributed by atoms with van der Waals surface area (Å²) < 4.78 is 13.7. The van der Waals surface area contributed by atoms with E-state index in [0.717, 1.165) is 16.8 Å². The third-order valence-corrected chi connectivity index (χ3v) is 4.65. The van der Waals surface area contributed by atoms with Crippen LogP contribution in [0.25, 0.3) is 0 Å². The lowest BCUT2D eigenvalue weighted by Crippen LogP contribution is -2.16. The Hall–Kier alpha value is -3.28. The van der Waals surface area contributed by atoms with Gasteiger partial charge in [-0.3, -0.25) is 4.79 Å². The molecule has 0 aliphatic carbocycles. The smallest absolute Gasteiger partial charge is 0.258 e. The normalized spacial score (nSPS) is 11.0. The van der Waals surface area contributed by atoms with Crippen molar-refractivity contribution in [2.24, 2.45) is 0 Å². The van der Waals surface area contributed by atoms with Crippen LogP contribution in [-0.2, 0) is 0 Å². The summed E-state index contributed by atoms with van der Waals surface area (Å²) >= 11 is 0. The second kappa shape index (κ2) is 8.82. The van der Waals surface area contributed by atoms with Crippen molar-refractivity contribution in [2.45, 2.75) is 39.5 Å². The first-order valence-electron chi connectivity index (χ1n) is 9.64. The van der Waals surface area contributed by atoms with Crippen LogP contribution >= 0.6 is 0 Å². The molecule has 0 spiro atoms. The number of benzene rings is 2. The molecule has 2 N–H and O–H groups in total. The molecule has 0 saturated carbocycles. The van der Waals surface area contributed by atoms with Gasteiger partial charge in [-0.15, -0.1) is 0 Å². The zero-order valence-corrected chi connectivity index (χ0v) is 17.0. The largest absolute Gasteiger partial charge is 0.322 e. The number of anilines is 3. The molecule has 1 amide bonds. The van der Waals surface area contributed by atoms with Crippen LogP contribution < -0.4 is 10.6 Å². The minimum atomic E-state index is -0.399. The Morgan fingerprint density at radius 2 is 1.48 bits per heavy atom. The van der Waals surface area contributed by atoms with Gasteiger partial charge in [0.2, 0.25) is 5.95 Å². The lowest BCUT2D eigenvalue weighted by Gasteiger charge is -2.20. The summed E-state index contributed by atoms with van der Waals surface area (Å²) in [5.74, 6) is 0.0826. The Labute approximate surface area is 170 Å². The summed E-state index contributed by atoms with van der Waals surface area (Å²) in [6.45, 7) is 8.39. The molecule has 0 radical (unpaired) electrons. The van der Waals surface area contributed by atoms with Crippen molar-refractivity contribution in [2.75, 3.05) is 10.6 Å². The average Bonchev–Trinajstić information content (AvgIpc) is 2.70. The number of para-hydroxylation sites is 2. The van der Waals surface area contributed by atoms with Gasteiger partial charge in [0.1, 0.15) is 5.82 Å². The molecule has 0 bridgehead atoms. The van der Waals surface area contributed by atoms with Crippen LogP contribution in [0.3, 0.4) is 0 Å². The number of carbonyl (C=O) groups is 1. The van der Waals surface area contributed by atoms with Crippen molar-refractivity contribution in [1.82, 2.24) is 9.97 Å². The van der Waals surface area contributed by atoms with Gasteiger partial charge in [0.05, 0.1) is 11.3 Å².